The van der Waals surface area contributed by atoms with E-state index in [1.54, 1.807) is 24.3 Å². The monoisotopic (exact) mass is 464 g/mol. The maximum absolute atomic E-state index is 11.9. The van der Waals surface area contributed by atoms with Crippen molar-refractivity contribution in [3.8, 4) is 11.5 Å². The van der Waals surface area contributed by atoms with E-state index in [2.05, 4.69) is 39.8 Å². The Morgan fingerprint density at radius 3 is 2.35 bits per heavy atom. The maximum Gasteiger partial charge on any atom is 0.331 e. The van der Waals surface area contributed by atoms with E-state index >= 15 is 0 Å². The van der Waals surface area contributed by atoms with Crippen molar-refractivity contribution in [2.45, 2.75) is 79.9 Å². The first-order valence-corrected chi connectivity index (χ1v) is 11.9. The Labute approximate surface area is 205 Å². The van der Waals surface area contributed by atoms with Crippen molar-refractivity contribution in [1.29, 1.82) is 0 Å². The van der Waals surface area contributed by atoms with Gasteiger partial charge in [-0.3, -0.25) is 0 Å². The second kappa shape index (κ2) is 11.4. The zero-order chi connectivity index (χ0) is 25.5. The van der Waals surface area contributed by atoms with E-state index in [-0.39, 0.29) is 23.2 Å². The van der Waals surface area contributed by atoms with E-state index in [0.717, 1.165) is 29.7 Å². The highest BCUT2D eigenvalue weighted by atomic mass is 16.6. The molecule has 0 heterocycles. The van der Waals surface area contributed by atoms with Crippen molar-refractivity contribution < 1.29 is 19.4 Å². The fourth-order valence-electron chi connectivity index (χ4n) is 3.93. The summed E-state index contributed by atoms with van der Waals surface area (Å²) in [6.07, 6.45) is 13.7. The molecule has 0 radical (unpaired) electrons. The Hall–Kier alpha value is -3.01. The maximum atomic E-state index is 11.9. The topological polar surface area (TPSA) is 55.8 Å². The van der Waals surface area contributed by atoms with E-state index < -0.39 is 5.60 Å². The Kier molecular flexibility index (Phi) is 9.14. The molecule has 0 spiro atoms. The van der Waals surface area contributed by atoms with Crippen LogP contribution < -0.4 is 4.74 Å². The number of carbonyl (C=O) groups is 1. The second-order valence-electron chi connectivity index (χ2n) is 10.6. The molecule has 2 rings (SSSR count). The Balaban J connectivity index is 2.11. The number of hydrogen-bond acceptors (Lipinski definition) is 4. The first kappa shape index (κ1) is 27.2. The summed E-state index contributed by atoms with van der Waals surface area (Å²) < 4.78 is 11.6. The molecule has 0 bridgehead atoms. The third kappa shape index (κ3) is 8.74. The molecule has 1 aliphatic rings. The average Bonchev–Trinajstić information content (AvgIpc) is 2.70. The average molecular weight is 465 g/mol. The van der Waals surface area contributed by atoms with Gasteiger partial charge in [0.15, 0.2) is 0 Å². The fourth-order valence-corrected chi connectivity index (χ4v) is 3.93. The molecular formula is C30H40O4. The van der Waals surface area contributed by atoms with Crippen molar-refractivity contribution in [3.63, 3.8) is 0 Å². The summed E-state index contributed by atoms with van der Waals surface area (Å²) in [5.41, 5.74) is 4.05. The molecule has 34 heavy (non-hydrogen) atoms. The standard InChI is InChI=1S/C30H40O4/c1-21(10-9-11-22(2)20-28(32)34-29(4,5)6)12-17-26-23(3)27(18-19-30(26,7)8)33-25-15-13-24(31)14-16-25/h9-17,20,27,31H,18-19H2,1-8H3/b11-9+,17-12+,21-10+,22-20+. The molecule has 0 fully saturated rings. The van der Waals surface area contributed by atoms with Gasteiger partial charge in [-0.2, -0.15) is 0 Å². The fraction of sp³-hybridized carbons (Fsp3) is 0.433. The minimum absolute atomic E-state index is 0.0158. The number of hydrogen-bond donors (Lipinski definition) is 1. The van der Waals surface area contributed by atoms with Gasteiger partial charge in [-0.15, -0.1) is 0 Å². The van der Waals surface area contributed by atoms with Gasteiger partial charge in [0.25, 0.3) is 0 Å². The molecule has 1 aliphatic carbocycles. The Morgan fingerprint density at radius 1 is 1.09 bits per heavy atom. The van der Waals surface area contributed by atoms with Gasteiger partial charge < -0.3 is 14.6 Å². The zero-order valence-corrected chi connectivity index (χ0v) is 21.9. The van der Waals surface area contributed by atoms with Crippen LogP contribution in [0.2, 0.25) is 0 Å². The van der Waals surface area contributed by atoms with Gasteiger partial charge in [0.1, 0.15) is 23.2 Å². The minimum Gasteiger partial charge on any atom is -0.508 e. The number of carbonyl (C=O) groups excluding carboxylic acids is 1. The van der Waals surface area contributed by atoms with E-state index in [0.29, 0.717) is 0 Å². The minimum atomic E-state index is -0.493. The largest absolute Gasteiger partial charge is 0.508 e. The van der Waals surface area contributed by atoms with E-state index in [1.165, 1.54) is 17.2 Å². The van der Waals surface area contributed by atoms with Gasteiger partial charge in [-0.25, -0.2) is 4.79 Å². The van der Waals surface area contributed by atoms with Gasteiger partial charge in [0.2, 0.25) is 0 Å². The molecular weight excluding hydrogens is 424 g/mol. The van der Waals surface area contributed by atoms with Gasteiger partial charge in [-0.1, -0.05) is 49.8 Å². The summed E-state index contributed by atoms with van der Waals surface area (Å²) in [5.74, 6) is 0.669. The summed E-state index contributed by atoms with van der Waals surface area (Å²) in [6.45, 7) is 16.2. The van der Waals surface area contributed by atoms with Gasteiger partial charge in [0.05, 0.1) is 0 Å². The highest BCUT2D eigenvalue weighted by Gasteiger charge is 2.32. The lowest BCUT2D eigenvalue weighted by Crippen LogP contribution is -2.30. The number of benzene rings is 1. The molecule has 4 heteroatoms. The van der Waals surface area contributed by atoms with Gasteiger partial charge >= 0.3 is 5.97 Å². The molecule has 0 saturated heterocycles. The van der Waals surface area contributed by atoms with Crippen molar-refractivity contribution in [1.82, 2.24) is 0 Å². The van der Waals surface area contributed by atoms with Crippen LogP contribution in [0.3, 0.4) is 0 Å². The molecule has 1 aromatic rings. The first-order chi connectivity index (χ1) is 15.8. The summed E-state index contributed by atoms with van der Waals surface area (Å²) in [4.78, 5) is 11.9. The summed E-state index contributed by atoms with van der Waals surface area (Å²) in [7, 11) is 0. The van der Waals surface area contributed by atoms with Crippen LogP contribution in [0.25, 0.3) is 0 Å². The van der Waals surface area contributed by atoms with Crippen LogP contribution in [0.5, 0.6) is 11.5 Å². The summed E-state index contributed by atoms with van der Waals surface area (Å²) >= 11 is 0. The van der Waals surface area contributed by atoms with Crippen LogP contribution in [-0.2, 0) is 9.53 Å². The van der Waals surface area contributed by atoms with Crippen LogP contribution in [0.1, 0.15) is 68.2 Å². The molecule has 0 aromatic heterocycles. The lowest BCUT2D eigenvalue weighted by Gasteiger charge is -2.37. The molecule has 1 N–H and O–H groups in total. The van der Waals surface area contributed by atoms with E-state index in [1.807, 2.05) is 45.9 Å². The zero-order valence-electron chi connectivity index (χ0n) is 21.9. The first-order valence-electron chi connectivity index (χ1n) is 11.9. The van der Waals surface area contributed by atoms with Crippen molar-refractivity contribution in [3.05, 3.63) is 83.0 Å². The number of esters is 1. The summed E-state index contributed by atoms with van der Waals surface area (Å²) in [6, 6.07) is 6.90. The van der Waals surface area contributed by atoms with Crippen molar-refractivity contribution in [2.75, 3.05) is 0 Å². The van der Waals surface area contributed by atoms with Crippen LogP contribution in [0.4, 0.5) is 0 Å². The predicted molar refractivity (Wildman–Crippen MR) is 140 cm³/mol. The number of phenolic OH excluding ortho intramolecular Hbond substituents is 1. The molecule has 0 aliphatic heterocycles. The molecule has 1 unspecified atom stereocenters. The number of allylic oxidation sites excluding steroid dienone is 8. The summed E-state index contributed by atoms with van der Waals surface area (Å²) in [5, 5.41) is 9.51. The van der Waals surface area contributed by atoms with Crippen LogP contribution in [0, 0.1) is 5.41 Å². The van der Waals surface area contributed by atoms with Crippen LogP contribution >= 0.6 is 0 Å². The number of rotatable bonds is 7. The van der Waals surface area contributed by atoms with Crippen LogP contribution in [-0.4, -0.2) is 22.8 Å². The Bertz CT molecular complexity index is 1010. The lowest BCUT2D eigenvalue weighted by molar-refractivity contribution is -0.148. The number of aromatic hydroxyl groups is 1. The third-order valence-corrected chi connectivity index (χ3v) is 5.77. The number of ether oxygens (including phenoxy) is 2. The molecule has 184 valence electrons. The molecule has 4 nitrogen and oxygen atoms in total. The molecule has 1 aromatic carbocycles. The van der Waals surface area contributed by atoms with Gasteiger partial charge in [-0.05, 0) is 101 Å². The number of phenols is 1. The van der Waals surface area contributed by atoms with Crippen LogP contribution in [0.15, 0.2) is 83.0 Å². The van der Waals surface area contributed by atoms with Gasteiger partial charge in [0, 0.05) is 6.08 Å². The highest BCUT2D eigenvalue weighted by molar-refractivity contribution is 5.83. The quantitative estimate of drug-likeness (QED) is 0.256. The van der Waals surface area contributed by atoms with Crippen molar-refractivity contribution in [2.24, 2.45) is 5.41 Å². The molecule has 0 amide bonds. The highest BCUT2D eigenvalue weighted by Crippen LogP contribution is 2.42. The normalized spacial score (nSPS) is 19.7. The lowest BCUT2D eigenvalue weighted by atomic mass is 9.71. The smallest absolute Gasteiger partial charge is 0.331 e. The third-order valence-electron chi connectivity index (χ3n) is 5.77. The SMILES string of the molecule is CC1=C(/C=C/C(C)=C/C=C/C(C)=C/C(=O)OC(C)(C)C)C(C)(C)CCC1Oc1ccc(O)cc1. The van der Waals surface area contributed by atoms with E-state index in [9.17, 15) is 9.90 Å². The second-order valence-corrected chi connectivity index (χ2v) is 10.6. The molecule has 0 saturated carbocycles. The molecule has 1 atom stereocenters. The van der Waals surface area contributed by atoms with Crippen molar-refractivity contribution >= 4 is 5.97 Å². The van der Waals surface area contributed by atoms with E-state index in [4.69, 9.17) is 9.47 Å². The Morgan fingerprint density at radius 2 is 1.74 bits per heavy atom. The predicted octanol–water partition coefficient (Wildman–Crippen LogP) is 7.62.